The number of aromatic nitrogens is 5. The van der Waals surface area contributed by atoms with Crippen molar-refractivity contribution in [3.63, 3.8) is 0 Å². The molecule has 0 fully saturated rings. The van der Waals surface area contributed by atoms with Gasteiger partial charge in [-0.1, -0.05) is 0 Å². The van der Waals surface area contributed by atoms with Gasteiger partial charge in [0.05, 0.1) is 18.4 Å². The molecular weight excluding hydrogens is 390 g/mol. The third-order valence-electron chi connectivity index (χ3n) is 4.61. The number of anilines is 1. The third kappa shape index (κ3) is 3.68. The normalized spacial score (nSPS) is 10.8. The Balaban J connectivity index is 1.56. The standard InChI is InChI=1S/C19H17N7O2S/c1-12-13(2)25(9-15-4-3-6-28-15)19(16(12)8-20)21-17(27)10-26-23-18(22-24-26)14-5-7-29-11-14/h3-7,11H,9-10H2,1-2H3,(H,21,27). The Morgan fingerprint density at radius 1 is 1.38 bits per heavy atom. The van der Waals surface area contributed by atoms with Crippen molar-refractivity contribution in [3.05, 3.63) is 57.8 Å². The van der Waals surface area contributed by atoms with Crippen LogP contribution >= 0.6 is 11.3 Å². The molecule has 1 amide bonds. The summed E-state index contributed by atoms with van der Waals surface area (Å²) in [7, 11) is 0. The maximum atomic E-state index is 12.6. The largest absolute Gasteiger partial charge is 0.467 e. The highest BCUT2D eigenvalue weighted by Gasteiger charge is 2.21. The molecule has 146 valence electrons. The third-order valence-corrected chi connectivity index (χ3v) is 5.29. The molecule has 9 nitrogen and oxygen atoms in total. The van der Waals surface area contributed by atoms with Gasteiger partial charge in [0.25, 0.3) is 0 Å². The molecule has 0 atom stereocenters. The molecular formula is C19H17N7O2S. The minimum atomic E-state index is -0.353. The van der Waals surface area contributed by atoms with Gasteiger partial charge in [0.1, 0.15) is 24.2 Å². The molecule has 4 heterocycles. The van der Waals surface area contributed by atoms with Crippen molar-refractivity contribution in [2.24, 2.45) is 0 Å². The molecule has 1 N–H and O–H groups in total. The fraction of sp³-hybridized carbons (Fsp3) is 0.211. The van der Waals surface area contributed by atoms with E-state index >= 15 is 0 Å². The summed E-state index contributed by atoms with van der Waals surface area (Å²) in [4.78, 5) is 13.9. The second-order valence-corrected chi connectivity index (χ2v) is 7.20. The molecule has 0 saturated carbocycles. The van der Waals surface area contributed by atoms with Gasteiger partial charge in [-0.15, -0.1) is 10.2 Å². The highest BCUT2D eigenvalue weighted by Crippen LogP contribution is 2.27. The number of hydrogen-bond acceptors (Lipinski definition) is 7. The van der Waals surface area contributed by atoms with E-state index in [-0.39, 0.29) is 12.5 Å². The van der Waals surface area contributed by atoms with Crippen molar-refractivity contribution in [3.8, 4) is 17.5 Å². The first-order valence-electron chi connectivity index (χ1n) is 8.79. The zero-order valence-electron chi connectivity index (χ0n) is 15.8. The summed E-state index contributed by atoms with van der Waals surface area (Å²) in [5.74, 6) is 1.27. The molecule has 0 aliphatic heterocycles. The molecule has 0 radical (unpaired) electrons. The molecule has 0 aliphatic rings. The summed E-state index contributed by atoms with van der Waals surface area (Å²) in [5, 5.41) is 28.4. The first kappa shape index (κ1) is 18.6. The number of amides is 1. The SMILES string of the molecule is Cc1c(C#N)c(NC(=O)Cn2nnc(-c3ccsc3)n2)n(Cc2ccco2)c1C. The molecule has 0 saturated heterocycles. The van der Waals surface area contributed by atoms with Crippen LogP contribution in [-0.2, 0) is 17.9 Å². The molecule has 4 aromatic heterocycles. The summed E-state index contributed by atoms with van der Waals surface area (Å²) in [6.07, 6.45) is 1.59. The van der Waals surface area contributed by atoms with Crippen LogP contribution in [0.2, 0.25) is 0 Å². The average Bonchev–Trinajstić information content (AvgIpc) is 3.48. The minimum Gasteiger partial charge on any atom is -0.467 e. The smallest absolute Gasteiger partial charge is 0.249 e. The monoisotopic (exact) mass is 407 g/mol. The van der Waals surface area contributed by atoms with Crippen LogP contribution < -0.4 is 5.32 Å². The zero-order valence-corrected chi connectivity index (χ0v) is 16.6. The lowest BCUT2D eigenvalue weighted by Gasteiger charge is -2.11. The van der Waals surface area contributed by atoms with E-state index in [0.717, 1.165) is 22.6 Å². The number of nitrogens with one attached hydrogen (secondary N) is 1. The minimum absolute atomic E-state index is 0.119. The van der Waals surface area contributed by atoms with Gasteiger partial charge >= 0.3 is 0 Å². The maximum absolute atomic E-state index is 12.6. The average molecular weight is 407 g/mol. The zero-order chi connectivity index (χ0) is 20.4. The van der Waals surface area contributed by atoms with Crippen LogP contribution in [-0.4, -0.2) is 30.7 Å². The quantitative estimate of drug-likeness (QED) is 0.525. The molecule has 4 aromatic rings. The van der Waals surface area contributed by atoms with Crippen LogP contribution in [0.4, 0.5) is 5.82 Å². The number of furan rings is 1. The lowest BCUT2D eigenvalue weighted by molar-refractivity contribution is -0.117. The van der Waals surface area contributed by atoms with E-state index in [1.165, 1.54) is 16.1 Å². The molecule has 4 rings (SSSR count). The molecule has 0 bridgehead atoms. The fourth-order valence-corrected chi connectivity index (χ4v) is 3.64. The van der Waals surface area contributed by atoms with E-state index in [0.29, 0.717) is 23.8 Å². The van der Waals surface area contributed by atoms with Gasteiger partial charge in [-0.05, 0) is 48.2 Å². The van der Waals surface area contributed by atoms with E-state index in [1.54, 1.807) is 12.3 Å². The van der Waals surface area contributed by atoms with Gasteiger partial charge in [0.15, 0.2) is 0 Å². The number of thiophene rings is 1. The van der Waals surface area contributed by atoms with Gasteiger partial charge in [0.2, 0.25) is 11.7 Å². The Morgan fingerprint density at radius 2 is 2.24 bits per heavy atom. The van der Waals surface area contributed by atoms with Crippen molar-refractivity contribution in [2.45, 2.75) is 26.9 Å². The number of carbonyl (C=O) groups is 1. The molecule has 0 spiro atoms. The highest BCUT2D eigenvalue weighted by atomic mass is 32.1. The van der Waals surface area contributed by atoms with E-state index in [2.05, 4.69) is 26.8 Å². The Hall–Kier alpha value is -3.71. The van der Waals surface area contributed by atoms with Crippen molar-refractivity contribution in [2.75, 3.05) is 5.32 Å². The van der Waals surface area contributed by atoms with Crippen LogP contribution in [0.25, 0.3) is 11.4 Å². The molecule has 0 aromatic carbocycles. The van der Waals surface area contributed by atoms with E-state index in [4.69, 9.17) is 4.42 Å². The summed E-state index contributed by atoms with van der Waals surface area (Å²) in [6, 6.07) is 7.71. The number of nitrogens with zero attached hydrogens (tertiary/aromatic N) is 6. The number of hydrogen-bond donors (Lipinski definition) is 1. The Bertz CT molecular complexity index is 1180. The second-order valence-electron chi connectivity index (χ2n) is 6.41. The Morgan fingerprint density at radius 3 is 2.93 bits per heavy atom. The van der Waals surface area contributed by atoms with Gasteiger partial charge < -0.3 is 14.3 Å². The van der Waals surface area contributed by atoms with Gasteiger partial charge in [0, 0.05) is 16.6 Å². The number of carbonyl (C=O) groups excluding carboxylic acids is 1. The lowest BCUT2D eigenvalue weighted by Crippen LogP contribution is -2.23. The van der Waals surface area contributed by atoms with E-state index in [1.807, 2.05) is 41.3 Å². The van der Waals surface area contributed by atoms with Crippen LogP contribution in [0.5, 0.6) is 0 Å². The van der Waals surface area contributed by atoms with Crippen molar-refractivity contribution in [1.29, 1.82) is 5.26 Å². The van der Waals surface area contributed by atoms with Gasteiger partial charge in [-0.25, -0.2) is 0 Å². The van der Waals surface area contributed by atoms with Crippen LogP contribution in [0.1, 0.15) is 22.6 Å². The molecule has 10 heteroatoms. The van der Waals surface area contributed by atoms with Crippen molar-refractivity contribution < 1.29 is 9.21 Å². The van der Waals surface area contributed by atoms with E-state index < -0.39 is 0 Å². The van der Waals surface area contributed by atoms with Crippen LogP contribution in [0, 0.1) is 25.2 Å². The predicted octanol–water partition coefficient (Wildman–Crippen LogP) is 2.97. The van der Waals surface area contributed by atoms with E-state index in [9.17, 15) is 10.1 Å². The molecule has 0 unspecified atom stereocenters. The Labute approximate surface area is 170 Å². The summed E-state index contributed by atoms with van der Waals surface area (Å²) in [6.45, 7) is 4.04. The van der Waals surface area contributed by atoms with Crippen LogP contribution in [0.15, 0.2) is 39.6 Å². The van der Waals surface area contributed by atoms with Crippen molar-refractivity contribution >= 4 is 23.1 Å². The van der Waals surface area contributed by atoms with Crippen molar-refractivity contribution in [1.82, 2.24) is 24.8 Å². The fourth-order valence-electron chi connectivity index (χ4n) is 3.00. The summed E-state index contributed by atoms with van der Waals surface area (Å²) < 4.78 is 7.28. The number of nitriles is 1. The van der Waals surface area contributed by atoms with Gasteiger partial charge in [-0.2, -0.15) is 21.4 Å². The van der Waals surface area contributed by atoms with Gasteiger partial charge in [-0.3, -0.25) is 4.79 Å². The number of rotatable bonds is 6. The number of tetrazole rings is 1. The Kier molecular flexibility index (Phi) is 4.97. The van der Waals surface area contributed by atoms with Crippen LogP contribution in [0.3, 0.4) is 0 Å². The first-order chi connectivity index (χ1) is 14.1. The first-order valence-corrected chi connectivity index (χ1v) is 9.73. The summed E-state index contributed by atoms with van der Waals surface area (Å²) >= 11 is 1.53. The highest BCUT2D eigenvalue weighted by molar-refractivity contribution is 7.08. The summed E-state index contributed by atoms with van der Waals surface area (Å²) in [5.41, 5.74) is 2.97. The predicted molar refractivity (Wildman–Crippen MR) is 106 cm³/mol. The maximum Gasteiger partial charge on any atom is 0.249 e. The molecule has 29 heavy (non-hydrogen) atoms. The topological polar surface area (TPSA) is 115 Å². The molecule has 0 aliphatic carbocycles. The lowest BCUT2D eigenvalue weighted by atomic mass is 10.2. The second kappa shape index (κ2) is 7.73.